The smallest absolute Gasteiger partial charge is 0.166 e. The maximum absolute atomic E-state index is 11.0. The van der Waals surface area contributed by atoms with Crippen molar-refractivity contribution in [3.05, 3.63) is 23.8 Å². The van der Waals surface area contributed by atoms with E-state index in [1.54, 1.807) is 14.2 Å². The van der Waals surface area contributed by atoms with Crippen LogP contribution in [0.5, 0.6) is 11.5 Å². The van der Waals surface area contributed by atoms with E-state index in [0.717, 1.165) is 57.8 Å². The van der Waals surface area contributed by atoms with Gasteiger partial charge in [0.25, 0.3) is 0 Å². The van der Waals surface area contributed by atoms with Crippen molar-refractivity contribution in [2.45, 2.75) is 32.0 Å². The van der Waals surface area contributed by atoms with Crippen molar-refractivity contribution in [3.8, 4) is 11.5 Å². The molecule has 2 unspecified atom stereocenters. The number of methoxy groups -OCH3 is 2. The molecule has 0 radical (unpaired) electrons. The number of hydrogen-bond acceptors (Lipinski definition) is 6. The Bertz CT molecular complexity index is 569. The van der Waals surface area contributed by atoms with Crippen LogP contribution in [0.25, 0.3) is 0 Å². The molecule has 146 valence electrons. The van der Waals surface area contributed by atoms with Gasteiger partial charge in [0.2, 0.25) is 0 Å². The van der Waals surface area contributed by atoms with Gasteiger partial charge >= 0.3 is 0 Å². The summed E-state index contributed by atoms with van der Waals surface area (Å²) in [6.07, 6.45) is 1.87. The summed E-state index contributed by atoms with van der Waals surface area (Å²) < 4.78 is 16.3. The third-order valence-electron chi connectivity index (χ3n) is 5.88. The van der Waals surface area contributed by atoms with Crippen LogP contribution < -0.4 is 9.47 Å². The fourth-order valence-corrected chi connectivity index (χ4v) is 4.19. The lowest BCUT2D eigenvalue weighted by Crippen LogP contribution is -2.53. The van der Waals surface area contributed by atoms with E-state index < -0.39 is 6.10 Å². The summed E-state index contributed by atoms with van der Waals surface area (Å²) in [5, 5.41) is 11.0. The van der Waals surface area contributed by atoms with E-state index in [2.05, 4.69) is 16.7 Å². The molecule has 1 aromatic rings. The fourth-order valence-electron chi connectivity index (χ4n) is 4.19. The van der Waals surface area contributed by atoms with Gasteiger partial charge in [-0.2, -0.15) is 0 Å². The minimum atomic E-state index is -0.527. The zero-order valence-electron chi connectivity index (χ0n) is 16.2. The summed E-state index contributed by atoms with van der Waals surface area (Å²) in [6, 6.07) is 5.71. The Balaban J connectivity index is 1.61. The molecular weight excluding hydrogens is 332 g/mol. The number of para-hydroxylation sites is 1. The maximum Gasteiger partial charge on any atom is 0.166 e. The molecule has 0 saturated carbocycles. The van der Waals surface area contributed by atoms with Crippen molar-refractivity contribution in [2.24, 2.45) is 5.92 Å². The summed E-state index contributed by atoms with van der Waals surface area (Å²) in [5.41, 5.74) is 0.825. The summed E-state index contributed by atoms with van der Waals surface area (Å²) in [4.78, 5) is 5.02. The van der Waals surface area contributed by atoms with Crippen molar-refractivity contribution in [3.63, 3.8) is 0 Å². The van der Waals surface area contributed by atoms with Crippen molar-refractivity contribution < 1.29 is 19.3 Å². The number of aliphatic hydroxyl groups is 1. The molecule has 0 aromatic heterocycles. The zero-order chi connectivity index (χ0) is 18.5. The highest BCUT2D eigenvalue weighted by atomic mass is 16.5. The van der Waals surface area contributed by atoms with Crippen molar-refractivity contribution in [1.82, 2.24) is 9.80 Å². The normalized spacial score (nSPS) is 22.8. The van der Waals surface area contributed by atoms with Gasteiger partial charge in [0, 0.05) is 18.7 Å². The quantitative estimate of drug-likeness (QED) is 0.835. The molecular formula is C20H32N2O4. The van der Waals surface area contributed by atoms with Crippen LogP contribution in [0.15, 0.2) is 18.2 Å². The lowest BCUT2D eigenvalue weighted by molar-refractivity contribution is -0.0434. The van der Waals surface area contributed by atoms with E-state index in [0.29, 0.717) is 17.7 Å². The van der Waals surface area contributed by atoms with E-state index >= 15 is 0 Å². The minimum Gasteiger partial charge on any atom is -0.493 e. The van der Waals surface area contributed by atoms with Crippen LogP contribution in [-0.2, 0) is 4.74 Å². The predicted octanol–water partition coefficient (Wildman–Crippen LogP) is 2.13. The SMILES string of the molecule is COc1cccc(C(O)C2CCN(C(C)N3CCOCC3)CC2)c1OC. The molecule has 6 heteroatoms. The Labute approximate surface area is 156 Å². The molecule has 0 spiro atoms. The van der Waals surface area contributed by atoms with Crippen LogP contribution in [-0.4, -0.2) is 74.7 Å². The van der Waals surface area contributed by atoms with Gasteiger partial charge in [0.1, 0.15) is 0 Å². The van der Waals surface area contributed by atoms with Crippen LogP contribution in [0.3, 0.4) is 0 Å². The number of benzene rings is 1. The summed E-state index contributed by atoms with van der Waals surface area (Å²) >= 11 is 0. The molecule has 2 heterocycles. The lowest BCUT2D eigenvalue weighted by Gasteiger charge is -2.43. The van der Waals surface area contributed by atoms with Gasteiger partial charge in [-0.05, 0) is 44.8 Å². The first-order valence-electron chi connectivity index (χ1n) is 9.60. The first kappa shape index (κ1) is 19.4. The average Bonchev–Trinajstić information content (AvgIpc) is 2.72. The Hall–Kier alpha value is -1.34. The van der Waals surface area contributed by atoms with Gasteiger partial charge in [-0.25, -0.2) is 0 Å². The molecule has 1 N–H and O–H groups in total. The number of hydrogen-bond donors (Lipinski definition) is 1. The lowest BCUT2D eigenvalue weighted by atomic mass is 9.86. The molecule has 6 nitrogen and oxygen atoms in total. The largest absolute Gasteiger partial charge is 0.493 e. The summed E-state index contributed by atoms with van der Waals surface area (Å²) in [7, 11) is 3.25. The minimum absolute atomic E-state index is 0.240. The van der Waals surface area contributed by atoms with E-state index in [4.69, 9.17) is 14.2 Å². The van der Waals surface area contributed by atoms with Gasteiger partial charge in [0.15, 0.2) is 11.5 Å². The van der Waals surface area contributed by atoms with E-state index in [1.165, 1.54) is 0 Å². The fraction of sp³-hybridized carbons (Fsp3) is 0.700. The van der Waals surface area contributed by atoms with Gasteiger partial charge in [0.05, 0.1) is 39.7 Å². The van der Waals surface area contributed by atoms with Gasteiger partial charge < -0.3 is 19.3 Å². The first-order chi connectivity index (χ1) is 12.7. The van der Waals surface area contributed by atoms with Gasteiger partial charge in [-0.1, -0.05) is 12.1 Å². The van der Waals surface area contributed by atoms with Crippen molar-refractivity contribution >= 4 is 0 Å². The summed E-state index contributed by atoms with van der Waals surface area (Å²) in [6.45, 7) is 7.96. The standard InChI is InChI=1S/C20H32N2O4/c1-15(22-11-13-26-14-12-22)21-9-7-16(8-10-21)19(23)17-5-4-6-18(24-2)20(17)25-3/h4-6,15-16,19,23H,7-14H2,1-3H3. The predicted molar refractivity (Wildman–Crippen MR) is 101 cm³/mol. The van der Waals surface area contributed by atoms with Gasteiger partial charge in [-0.15, -0.1) is 0 Å². The van der Waals surface area contributed by atoms with E-state index in [-0.39, 0.29) is 5.92 Å². The number of rotatable bonds is 6. The number of morpholine rings is 1. The number of nitrogens with zero attached hydrogens (tertiary/aromatic N) is 2. The third-order valence-corrected chi connectivity index (χ3v) is 5.88. The maximum atomic E-state index is 11.0. The molecule has 2 atom stereocenters. The summed E-state index contributed by atoms with van der Waals surface area (Å²) in [5.74, 6) is 1.55. The average molecular weight is 364 g/mol. The van der Waals surface area contributed by atoms with Crippen LogP contribution in [0.1, 0.15) is 31.4 Å². The van der Waals surface area contributed by atoms with Crippen molar-refractivity contribution in [2.75, 3.05) is 53.6 Å². The van der Waals surface area contributed by atoms with Crippen molar-refractivity contribution in [1.29, 1.82) is 0 Å². The molecule has 0 bridgehead atoms. The molecule has 3 rings (SSSR count). The monoisotopic (exact) mass is 364 g/mol. The van der Waals surface area contributed by atoms with E-state index in [1.807, 2.05) is 18.2 Å². The van der Waals surface area contributed by atoms with E-state index in [9.17, 15) is 5.11 Å². The highest BCUT2D eigenvalue weighted by Gasteiger charge is 2.32. The molecule has 26 heavy (non-hydrogen) atoms. The number of piperidine rings is 1. The van der Waals surface area contributed by atoms with Crippen LogP contribution in [0, 0.1) is 5.92 Å². The van der Waals surface area contributed by atoms with Crippen LogP contribution >= 0.6 is 0 Å². The van der Waals surface area contributed by atoms with Crippen LogP contribution in [0.4, 0.5) is 0 Å². The Morgan fingerprint density at radius 3 is 2.31 bits per heavy atom. The highest BCUT2D eigenvalue weighted by Crippen LogP contribution is 2.40. The Morgan fingerprint density at radius 2 is 1.69 bits per heavy atom. The Kier molecular flexibility index (Phi) is 6.75. The Morgan fingerprint density at radius 1 is 1.04 bits per heavy atom. The molecule has 0 aliphatic carbocycles. The molecule has 2 aliphatic rings. The van der Waals surface area contributed by atoms with Crippen LogP contribution in [0.2, 0.25) is 0 Å². The topological polar surface area (TPSA) is 54.4 Å². The molecule has 2 fully saturated rings. The second kappa shape index (κ2) is 9.04. The number of likely N-dealkylation sites (tertiary alicyclic amines) is 1. The molecule has 2 aliphatic heterocycles. The third kappa shape index (κ3) is 4.14. The molecule has 0 amide bonds. The first-order valence-corrected chi connectivity index (χ1v) is 9.60. The molecule has 2 saturated heterocycles. The zero-order valence-corrected chi connectivity index (χ0v) is 16.2. The number of aliphatic hydroxyl groups excluding tert-OH is 1. The highest BCUT2D eigenvalue weighted by molar-refractivity contribution is 5.47. The molecule has 1 aromatic carbocycles. The number of ether oxygens (including phenoxy) is 3. The second-order valence-corrected chi connectivity index (χ2v) is 7.18. The van der Waals surface area contributed by atoms with Gasteiger partial charge in [-0.3, -0.25) is 9.80 Å². The second-order valence-electron chi connectivity index (χ2n) is 7.18.